The van der Waals surface area contributed by atoms with E-state index in [0.717, 1.165) is 6.42 Å². The van der Waals surface area contributed by atoms with E-state index in [4.69, 9.17) is 0 Å². The van der Waals surface area contributed by atoms with Gasteiger partial charge < -0.3 is 0 Å². The Morgan fingerprint density at radius 3 is 2.50 bits per heavy atom. The van der Waals surface area contributed by atoms with E-state index in [0.29, 0.717) is 18.3 Å². The average Bonchev–Trinajstić information content (AvgIpc) is 2.77. The van der Waals surface area contributed by atoms with E-state index in [9.17, 15) is 8.78 Å². The van der Waals surface area contributed by atoms with E-state index in [1.165, 1.54) is 18.4 Å². The third kappa shape index (κ3) is 3.93. The molecule has 2 heteroatoms. The summed E-state index contributed by atoms with van der Waals surface area (Å²) in [5.41, 5.74) is 3.11. The number of halogens is 2. The van der Waals surface area contributed by atoms with Gasteiger partial charge in [-0.1, -0.05) is 51.0 Å². The molecule has 0 aromatic heterocycles. The minimum atomic E-state index is -2.46. The van der Waals surface area contributed by atoms with Gasteiger partial charge in [-0.15, -0.1) is 0 Å². The molecule has 0 heterocycles. The monoisotopic (exact) mass is 282 g/mol. The highest BCUT2D eigenvalue weighted by atomic mass is 19.3. The van der Waals surface area contributed by atoms with Crippen molar-refractivity contribution in [2.75, 3.05) is 0 Å². The molecule has 0 aromatic carbocycles. The fraction of sp³-hybridized carbons (Fsp3) is 0.778. The molecule has 0 aliphatic heterocycles. The third-order valence-corrected chi connectivity index (χ3v) is 4.92. The fourth-order valence-corrected chi connectivity index (χ4v) is 3.47. The SMILES string of the molecule is CC(CC1C=C(C(C)(C)C)CC1)C1=CCC(F)(F)CC1. The largest absolute Gasteiger partial charge is 0.251 e. The predicted octanol–water partition coefficient (Wildman–Crippen LogP) is 6.14. The van der Waals surface area contributed by atoms with Crippen LogP contribution in [0.4, 0.5) is 8.78 Å². The molecule has 0 aromatic rings. The van der Waals surface area contributed by atoms with Gasteiger partial charge in [0.2, 0.25) is 0 Å². The van der Waals surface area contributed by atoms with Crippen molar-refractivity contribution in [1.82, 2.24) is 0 Å². The molecule has 114 valence electrons. The van der Waals surface area contributed by atoms with E-state index in [2.05, 4.69) is 33.8 Å². The summed E-state index contributed by atoms with van der Waals surface area (Å²) in [7, 11) is 0. The van der Waals surface area contributed by atoms with E-state index < -0.39 is 5.92 Å². The molecule has 0 N–H and O–H groups in total. The molecular weight excluding hydrogens is 254 g/mol. The second-order valence-corrected chi connectivity index (χ2v) is 7.72. The van der Waals surface area contributed by atoms with Crippen molar-refractivity contribution in [1.29, 1.82) is 0 Å². The van der Waals surface area contributed by atoms with Crippen molar-refractivity contribution in [3.8, 4) is 0 Å². The molecule has 2 rings (SSSR count). The third-order valence-electron chi connectivity index (χ3n) is 4.92. The van der Waals surface area contributed by atoms with Crippen molar-refractivity contribution in [3.05, 3.63) is 23.3 Å². The second kappa shape index (κ2) is 5.61. The first kappa shape index (κ1) is 15.7. The first-order chi connectivity index (χ1) is 9.17. The van der Waals surface area contributed by atoms with Crippen LogP contribution >= 0.6 is 0 Å². The summed E-state index contributed by atoms with van der Waals surface area (Å²) in [4.78, 5) is 0. The lowest BCUT2D eigenvalue weighted by Gasteiger charge is -2.26. The normalized spacial score (nSPS) is 28.0. The van der Waals surface area contributed by atoms with Crippen molar-refractivity contribution in [2.45, 2.75) is 72.1 Å². The smallest absolute Gasteiger partial charge is 0.207 e. The summed E-state index contributed by atoms with van der Waals surface area (Å²) < 4.78 is 26.3. The van der Waals surface area contributed by atoms with Gasteiger partial charge in [0.25, 0.3) is 5.92 Å². The van der Waals surface area contributed by atoms with Crippen molar-refractivity contribution in [3.63, 3.8) is 0 Å². The van der Waals surface area contributed by atoms with E-state index >= 15 is 0 Å². The molecule has 20 heavy (non-hydrogen) atoms. The van der Waals surface area contributed by atoms with Crippen molar-refractivity contribution in [2.24, 2.45) is 17.3 Å². The number of alkyl halides is 2. The molecule has 0 spiro atoms. The Morgan fingerprint density at radius 1 is 1.30 bits per heavy atom. The molecule has 0 bridgehead atoms. The molecule has 2 aliphatic rings. The average molecular weight is 282 g/mol. The Hall–Kier alpha value is -0.660. The number of hydrogen-bond acceptors (Lipinski definition) is 0. The molecule has 0 nitrogen and oxygen atoms in total. The molecule has 0 radical (unpaired) electrons. The Morgan fingerprint density at radius 2 is 2.00 bits per heavy atom. The quantitative estimate of drug-likeness (QED) is 0.545. The maximum absolute atomic E-state index is 13.2. The van der Waals surface area contributed by atoms with Crippen LogP contribution in [0.2, 0.25) is 0 Å². The van der Waals surface area contributed by atoms with Gasteiger partial charge in [-0.05, 0) is 42.9 Å². The maximum Gasteiger partial charge on any atom is 0.251 e. The highest BCUT2D eigenvalue weighted by Gasteiger charge is 2.32. The van der Waals surface area contributed by atoms with Gasteiger partial charge in [-0.3, -0.25) is 0 Å². The number of hydrogen-bond donors (Lipinski definition) is 0. The lowest BCUT2D eigenvalue weighted by Crippen LogP contribution is -2.20. The molecular formula is C18H28F2. The van der Waals surface area contributed by atoms with Crippen LogP contribution in [-0.2, 0) is 0 Å². The van der Waals surface area contributed by atoms with Gasteiger partial charge in [0, 0.05) is 12.8 Å². The predicted molar refractivity (Wildman–Crippen MR) is 80.9 cm³/mol. The first-order valence-corrected chi connectivity index (χ1v) is 7.95. The van der Waals surface area contributed by atoms with Gasteiger partial charge in [-0.25, -0.2) is 8.78 Å². The van der Waals surface area contributed by atoms with Gasteiger partial charge in [0.1, 0.15) is 0 Å². The Labute approximate surface area is 122 Å². The van der Waals surface area contributed by atoms with Gasteiger partial charge in [-0.2, -0.15) is 0 Å². The molecule has 0 saturated heterocycles. The van der Waals surface area contributed by atoms with Gasteiger partial charge >= 0.3 is 0 Å². The van der Waals surface area contributed by atoms with E-state index in [-0.39, 0.29) is 18.3 Å². The van der Waals surface area contributed by atoms with Gasteiger partial charge in [0.15, 0.2) is 0 Å². The van der Waals surface area contributed by atoms with Crippen LogP contribution < -0.4 is 0 Å². The summed E-state index contributed by atoms with van der Waals surface area (Å²) in [6.45, 7) is 9.03. The maximum atomic E-state index is 13.2. The van der Waals surface area contributed by atoms with Crippen LogP contribution in [0.15, 0.2) is 23.3 Å². The number of allylic oxidation sites excluding steroid dienone is 4. The zero-order valence-corrected chi connectivity index (χ0v) is 13.3. The van der Waals surface area contributed by atoms with Crippen molar-refractivity contribution >= 4 is 0 Å². The molecule has 0 amide bonds. The fourth-order valence-electron chi connectivity index (χ4n) is 3.47. The molecule has 2 aliphatic carbocycles. The molecule has 2 unspecified atom stereocenters. The Bertz CT molecular complexity index is 410. The van der Waals surface area contributed by atoms with Crippen LogP contribution in [0.1, 0.15) is 66.2 Å². The van der Waals surface area contributed by atoms with Crippen LogP contribution in [0.3, 0.4) is 0 Å². The first-order valence-electron chi connectivity index (χ1n) is 7.95. The topological polar surface area (TPSA) is 0 Å². The lowest BCUT2D eigenvalue weighted by molar-refractivity contribution is -0.00969. The number of rotatable bonds is 3. The minimum Gasteiger partial charge on any atom is -0.207 e. The Balaban J connectivity index is 1.92. The zero-order chi connectivity index (χ0) is 15.0. The van der Waals surface area contributed by atoms with Gasteiger partial charge in [0.05, 0.1) is 0 Å². The van der Waals surface area contributed by atoms with Crippen LogP contribution in [0.5, 0.6) is 0 Å². The molecule has 2 atom stereocenters. The second-order valence-electron chi connectivity index (χ2n) is 7.72. The zero-order valence-electron chi connectivity index (χ0n) is 13.3. The van der Waals surface area contributed by atoms with Crippen LogP contribution in [-0.4, -0.2) is 5.92 Å². The molecule has 0 saturated carbocycles. The summed E-state index contributed by atoms with van der Waals surface area (Å²) in [5, 5.41) is 0. The summed E-state index contributed by atoms with van der Waals surface area (Å²) >= 11 is 0. The summed E-state index contributed by atoms with van der Waals surface area (Å²) in [6, 6.07) is 0. The highest BCUT2D eigenvalue weighted by Crippen LogP contribution is 2.41. The minimum absolute atomic E-state index is 0.0386. The highest BCUT2D eigenvalue weighted by molar-refractivity contribution is 5.19. The lowest BCUT2D eigenvalue weighted by atomic mass is 9.83. The Kier molecular flexibility index (Phi) is 4.41. The molecule has 0 fully saturated rings. The summed E-state index contributed by atoms with van der Waals surface area (Å²) in [6.07, 6.45) is 8.38. The van der Waals surface area contributed by atoms with E-state index in [1.807, 2.05) is 0 Å². The standard InChI is InChI=1S/C18H28F2/c1-13(15-7-9-18(19,20)10-8-15)11-14-5-6-16(12-14)17(2,3)4/h7,12-14H,5-6,8-11H2,1-4H3. The van der Waals surface area contributed by atoms with Crippen LogP contribution in [0, 0.1) is 17.3 Å². The summed E-state index contributed by atoms with van der Waals surface area (Å²) in [5.74, 6) is -1.37. The van der Waals surface area contributed by atoms with E-state index in [1.54, 1.807) is 11.6 Å². The van der Waals surface area contributed by atoms with Crippen LogP contribution in [0.25, 0.3) is 0 Å². The van der Waals surface area contributed by atoms with Crippen molar-refractivity contribution < 1.29 is 8.78 Å².